The number of carbonyl (C=O) groups excluding carboxylic acids is 1. The fraction of sp³-hybridized carbons (Fsp3) is 0.765. The first-order valence-electron chi connectivity index (χ1n) is 8.03. The fourth-order valence-electron chi connectivity index (χ4n) is 4.39. The first-order valence-corrected chi connectivity index (χ1v) is 8.03. The van der Waals surface area contributed by atoms with Gasteiger partial charge in [-0.1, -0.05) is 27.7 Å². The second-order valence-corrected chi connectivity index (χ2v) is 7.50. The minimum Gasteiger partial charge on any atom is -0.457 e. The molecule has 0 saturated heterocycles. The van der Waals surface area contributed by atoms with Gasteiger partial charge in [0.2, 0.25) is 0 Å². The van der Waals surface area contributed by atoms with Gasteiger partial charge in [0.1, 0.15) is 11.8 Å². The number of fused-ring (bicyclic) bond motifs is 2. The summed E-state index contributed by atoms with van der Waals surface area (Å²) >= 11 is 0. The molecule has 4 nitrogen and oxygen atoms in total. The van der Waals surface area contributed by atoms with E-state index in [1.165, 1.54) is 6.42 Å². The molecule has 4 heteroatoms. The molecule has 2 aliphatic carbocycles. The van der Waals surface area contributed by atoms with E-state index in [-0.39, 0.29) is 22.9 Å². The van der Waals surface area contributed by atoms with Gasteiger partial charge >= 0.3 is 5.97 Å². The van der Waals surface area contributed by atoms with Crippen molar-refractivity contribution < 1.29 is 9.53 Å². The van der Waals surface area contributed by atoms with Crippen LogP contribution in [-0.4, -0.2) is 21.9 Å². The average molecular weight is 290 g/mol. The lowest BCUT2D eigenvalue weighted by Gasteiger charge is -2.38. The molecule has 2 fully saturated rings. The Morgan fingerprint density at radius 3 is 2.67 bits per heavy atom. The average Bonchev–Trinajstić information content (AvgIpc) is 2.97. The Morgan fingerprint density at radius 1 is 1.48 bits per heavy atom. The third kappa shape index (κ3) is 1.95. The largest absolute Gasteiger partial charge is 0.457 e. The minimum atomic E-state index is -0.223. The van der Waals surface area contributed by atoms with Crippen LogP contribution in [0, 0.1) is 16.7 Å². The van der Waals surface area contributed by atoms with E-state index in [0.29, 0.717) is 11.6 Å². The first kappa shape index (κ1) is 14.6. The number of esters is 1. The van der Waals surface area contributed by atoms with Crippen LogP contribution < -0.4 is 0 Å². The maximum atomic E-state index is 12.5. The highest BCUT2D eigenvalue weighted by atomic mass is 16.5. The van der Waals surface area contributed by atoms with Crippen LogP contribution in [0.3, 0.4) is 0 Å². The predicted molar refractivity (Wildman–Crippen MR) is 81.0 cm³/mol. The Kier molecular flexibility index (Phi) is 3.19. The van der Waals surface area contributed by atoms with E-state index in [9.17, 15) is 4.79 Å². The third-order valence-corrected chi connectivity index (χ3v) is 6.47. The highest BCUT2D eigenvalue weighted by Crippen LogP contribution is 2.66. The molecule has 0 spiro atoms. The van der Waals surface area contributed by atoms with Gasteiger partial charge in [0.05, 0.1) is 5.69 Å². The van der Waals surface area contributed by atoms with Gasteiger partial charge in [-0.2, -0.15) is 5.10 Å². The number of aromatic nitrogens is 2. The molecule has 2 aliphatic rings. The SMILES string of the molecule is CCc1cc(C(=O)OC2CC3CCC2(C)C3(C)C)n(C)n1. The summed E-state index contributed by atoms with van der Waals surface area (Å²) in [6, 6.07) is 1.85. The molecule has 3 rings (SSSR count). The van der Waals surface area contributed by atoms with Gasteiger partial charge in [-0.3, -0.25) is 4.68 Å². The summed E-state index contributed by atoms with van der Waals surface area (Å²) in [5.41, 5.74) is 1.87. The molecule has 0 aliphatic heterocycles. The van der Waals surface area contributed by atoms with E-state index in [4.69, 9.17) is 4.74 Å². The molecule has 1 aromatic heterocycles. The minimum absolute atomic E-state index is 0.0405. The van der Waals surface area contributed by atoms with E-state index in [1.807, 2.05) is 20.0 Å². The molecular formula is C17H26N2O2. The zero-order valence-electron chi connectivity index (χ0n) is 13.8. The molecule has 2 saturated carbocycles. The normalized spacial score (nSPS) is 33.4. The monoisotopic (exact) mass is 290 g/mol. The van der Waals surface area contributed by atoms with E-state index < -0.39 is 0 Å². The Labute approximate surface area is 126 Å². The zero-order valence-corrected chi connectivity index (χ0v) is 13.8. The summed E-state index contributed by atoms with van der Waals surface area (Å²) in [6.07, 6.45) is 4.31. The van der Waals surface area contributed by atoms with Crippen LogP contribution in [0.1, 0.15) is 63.1 Å². The maximum Gasteiger partial charge on any atom is 0.356 e. The van der Waals surface area contributed by atoms with Crippen LogP contribution in [0.15, 0.2) is 6.07 Å². The first-order chi connectivity index (χ1) is 9.79. The molecule has 1 heterocycles. The molecule has 0 aromatic carbocycles. The number of nitrogens with zero attached hydrogens (tertiary/aromatic N) is 2. The molecule has 0 amide bonds. The van der Waals surface area contributed by atoms with E-state index in [0.717, 1.165) is 25.0 Å². The molecular weight excluding hydrogens is 264 g/mol. The molecule has 2 bridgehead atoms. The van der Waals surface area contributed by atoms with Crippen molar-refractivity contribution in [2.45, 2.75) is 59.5 Å². The Hall–Kier alpha value is -1.32. The van der Waals surface area contributed by atoms with Gasteiger partial charge in [0.25, 0.3) is 0 Å². The van der Waals surface area contributed by atoms with Crippen molar-refractivity contribution in [3.63, 3.8) is 0 Å². The van der Waals surface area contributed by atoms with Crippen LogP contribution in [0.4, 0.5) is 0 Å². The molecule has 1 aromatic rings. The van der Waals surface area contributed by atoms with Crippen LogP contribution in [0.2, 0.25) is 0 Å². The summed E-state index contributed by atoms with van der Waals surface area (Å²) in [4.78, 5) is 12.5. The molecule has 21 heavy (non-hydrogen) atoms. The third-order valence-electron chi connectivity index (χ3n) is 6.47. The van der Waals surface area contributed by atoms with Crippen LogP contribution in [0.25, 0.3) is 0 Å². The van der Waals surface area contributed by atoms with Crippen molar-refractivity contribution in [1.29, 1.82) is 0 Å². The van der Waals surface area contributed by atoms with Crippen LogP contribution in [-0.2, 0) is 18.2 Å². The van der Waals surface area contributed by atoms with Crippen molar-refractivity contribution in [2.24, 2.45) is 23.8 Å². The Bertz CT molecular complexity index is 575. The van der Waals surface area contributed by atoms with Gasteiger partial charge in [-0.05, 0) is 43.1 Å². The van der Waals surface area contributed by atoms with Gasteiger partial charge in [-0.25, -0.2) is 4.79 Å². The summed E-state index contributed by atoms with van der Waals surface area (Å²) in [7, 11) is 1.81. The predicted octanol–water partition coefficient (Wildman–Crippen LogP) is 3.35. The smallest absolute Gasteiger partial charge is 0.356 e. The highest BCUT2D eigenvalue weighted by molar-refractivity contribution is 5.87. The lowest BCUT2D eigenvalue weighted by atomic mass is 9.70. The summed E-state index contributed by atoms with van der Waals surface area (Å²) in [5.74, 6) is 0.456. The number of ether oxygens (including phenoxy) is 1. The van der Waals surface area contributed by atoms with Crippen molar-refractivity contribution in [1.82, 2.24) is 9.78 Å². The van der Waals surface area contributed by atoms with Crippen molar-refractivity contribution in [2.75, 3.05) is 0 Å². The second kappa shape index (κ2) is 4.59. The molecule has 3 atom stereocenters. The second-order valence-electron chi connectivity index (χ2n) is 7.50. The van der Waals surface area contributed by atoms with Gasteiger partial charge < -0.3 is 4.74 Å². The molecule has 3 unspecified atom stereocenters. The lowest BCUT2D eigenvalue weighted by molar-refractivity contribution is -0.0250. The van der Waals surface area contributed by atoms with Crippen molar-refractivity contribution in [3.05, 3.63) is 17.5 Å². The highest BCUT2D eigenvalue weighted by Gasteiger charge is 2.62. The van der Waals surface area contributed by atoms with Gasteiger partial charge in [0, 0.05) is 12.5 Å². The number of hydrogen-bond acceptors (Lipinski definition) is 3. The van der Waals surface area contributed by atoms with Crippen molar-refractivity contribution >= 4 is 5.97 Å². The van der Waals surface area contributed by atoms with Gasteiger partial charge in [0.15, 0.2) is 0 Å². The number of rotatable bonds is 3. The quantitative estimate of drug-likeness (QED) is 0.802. The number of carbonyl (C=O) groups is 1. The summed E-state index contributed by atoms with van der Waals surface area (Å²) in [5, 5.41) is 4.33. The maximum absolute atomic E-state index is 12.5. The van der Waals surface area contributed by atoms with E-state index >= 15 is 0 Å². The molecule has 116 valence electrons. The van der Waals surface area contributed by atoms with Crippen LogP contribution >= 0.6 is 0 Å². The van der Waals surface area contributed by atoms with E-state index in [1.54, 1.807) is 4.68 Å². The van der Waals surface area contributed by atoms with Crippen LogP contribution in [0.5, 0.6) is 0 Å². The lowest BCUT2D eigenvalue weighted by Crippen LogP contribution is -2.38. The Morgan fingerprint density at radius 2 is 2.19 bits per heavy atom. The number of aryl methyl sites for hydroxylation is 2. The molecule has 0 N–H and O–H groups in total. The zero-order chi connectivity index (χ0) is 15.4. The molecule has 0 radical (unpaired) electrons. The Balaban J connectivity index is 1.79. The van der Waals surface area contributed by atoms with Crippen molar-refractivity contribution in [3.8, 4) is 0 Å². The summed E-state index contributed by atoms with van der Waals surface area (Å²) < 4.78 is 7.55. The van der Waals surface area contributed by atoms with E-state index in [2.05, 4.69) is 25.9 Å². The topological polar surface area (TPSA) is 44.1 Å². The standard InChI is InChI=1S/C17H26N2O2/c1-6-12-10-13(19(5)18-12)15(20)21-14-9-11-7-8-17(14,4)16(11,2)3/h10-11,14H,6-9H2,1-5H3. The summed E-state index contributed by atoms with van der Waals surface area (Å²) in [6.45, 7) is 8.99. The fourth-order valence-corrected chi connectivity index (χ4v) is 4.39. The number of hydrogen-bond donors (Lipinski definition) is 0. The van der Waals surface area contributed by atoms with Gasteiger partial charge in [-0.15, -0.1) is 0 Å².